The number of nitrogens with one attached hydrogen (secondary N) is 1. The van der Waals surface area contributed by atoms with Crippen LogP contribution in [0, 0.1) is 0 Å². The predicted molar refractivity (Wildman–Crippen MR) is 56.2 cm³/mol. The van der Waals surface area contributed by atoms with E-state index in [-0.39, 0.29) is 12.0 Å². The van der Waals surface area contributed by atoms with Crippen LogP contribution in [0.1, 0.15) is 19.5 Å². The van der Waals surface area contributed by atoms with E-state index in [9.17, 15) is 4.79 Å². The molecule has 1 aromatic heterocycles. The highest BCUT2D eigenvalue weighted by Crippen LogP contribution is 1.99. The van der Waals surface area contributed by atoms with Crippen molar-refractivity contribution < 1.29 is 9.53 Å². The number of esters is 1. The Labute approximate surface area is 89.4 Å². The summed E-state index contributed by atoms with van der Waals surface area (Å²) >= 11 is 0. The lowest BCUT2D eigenvalue weighted by atomic mass is 10.3. The van der Waals surface area contributed by atoms with Gasteiger partial charge in [0, 0.05) is 19.3 Å². The van der Waals surface area contributed by atoms with Crippen LogP contribution in [0.5, 0.6) is 0 Å². The zero-order valence-corrected chi connectivity index (χ0v) is 9.36. The Bertz CT molecular complexity index is 322. The quantitative estimate of drug-likeness (QED) is 0.723. The lowest BCUT2D eigenvalue weighted by Gasteiger charge is -2.11. The van der Waals surface area contributed by atoms with Crippen LogP contribution in [0.2, 0.25) is 0 Å². The number of imidazole rings is 1. The lowest BCUT2D eigenvalue weighted by Crippen LogP contribution is -2.34. The summed E-state index contributed by atoms with van der Waals surface area (Å²) in [6.45, 7) is 5.32. The largest absolute Gasteiger partial charge is 0.468 e. The van der Waals surface area contributed by atoms with Crippen molar-refractivity contribution in [2.45, 2.75) is 33.0 Å². The number of hydrogen-bond acceptors (Lipinski definition) is 4. The van der Waals surface area contributed by atoms with Crippen LogP contribution in [0.15, 0.2) is 12.5 Å². The monoisotopic (exact) mass is 211 g/mol. The Morgan fingerprint density at radius 2 is 2.47 bits per heavy atom. The van der Waals surface area contributed by atoms with E-state index in [2.05, 4.69) is 22.0 Å². The summed E-state index contributed by atoms with van der Waals surface area (Å²) in [7, 11) is 1.39. The molecule has 0 bridgehead atoms. The average Bonchev–Trinajstić information content (AvgIpc) is 2.71. The number of rotatable bonds is 5. The lowest BCUT2D eigenvalue weighted by molar-refractivity contribution is -0.142. The van der Waals surface area contributed by atoms with Gasteiger partial charge in [0.15, 0.2) is 0 Å². The minimum atomic E-state index is -0.296. The van der Waals surface area contributed by atoms with Crippen molar-refractivity contribution in [3.63, 3.8) is 0 Å². The maximum Gasteiger partial charge on any atom is 0.322 e. The van der Waals surface area contributed by atoms with E-state index in [1.54, 1.807) is 19.4 Å². The van der Waals surface area contributed by atoms with Crippen LogP contribution in [-0.2, 0) is 22.6 Å². The Morgan fingerprint density at radius 1 is 1.73 bits per heavy atom. The van der Waals surface area contributed by atoms with Gasteiger partial charge in [0.2, 0.25) is 0 Å². The fourth-order valence-electron chi connectivity index (χ4n) is 1.30. The minimum Gasteiger partial charge on any atom is -0.468 e. The first-order valence-corrected chi connectivity index (χ1v) is 4.99. The second-order valence-corrected chi connectivity index (χ2v) is 3.30. The van der Waals surface area contributed by atoms with Crippen molar-refractivity contribution in [3.05, 3.63) is 18.2 Å². The smallest absolute Gasteiger partial charge is 0.322 e. The number of carbonyl (C=O) groups is 1. The molecule has 1 N–H and O–H groups in total. The van der Waals surface area contributed by atoms with E-state index in [1.807, 2.05) is 4.57 Å². The number of nitrogens with zero attached hydrogens (tertiary/aromatic N) is 2. The summed E-state index contributed by atoms with van der Waals surface area (Å²) in [6.07, 6.45) is 3.57. The first-order valence-electron chi connectivity index (χ1n) is 4.99. The van der Waals surface area contributed by atoms with Gasteiger partial charge in [-0.2, -0.15) is 0 Å². The summed E-state index contributed by atoms with van der Waals surface area (Å²) in [5, 5.41) is 3.08. The molecule has 1 atom stereocenters. The molecule has 0 fully saturated rings. The van der Waals surface area contributed by atoms with Gasteiger partial charge in [-0.25, -0.2) is 4.98 Å². The minimum absolute atomic E-state index is 0.252. The number of aryl methyl sites for hydroxylation is 1. The van der Waals surface area contributed by atoms with E-state index in [0.717, 1.165) is 12.2 Å². The van der Waals surface area contributed by atoms with Gasteiger partial charge in [-0.3, -0.25) is 10.1 Å². The molecule has 1 unspecified atom stereocenters. The molecule has 1 heterocycles. The first kappa shape index (κ1) is 11.7. The van der Waals surface area contributed by atoms with Crippen LogP contribution in [0.25, 0.3) is 0 Å². The van der Waals surface area contributed by atoms with Gasteiger partial charge in [0.05, 0.1) is 19.1 Å². The van der Waals surface area contributed by atoms with Crippen molar-refractivity contribution in [1.82, 2.24) is 14.9 Å². The van der Waals surface area contributed by atoms with E-state index >= 15 is 0 Å². The van der Waals surface area contributed by atoms with Crippen LogP contribution in [0.3, 0.4) is 0 Å². The van der Waals surface area contributed by atoms with E-state index in [1.165, 1.54) is 7.11 Å². The second kappa shape index (κ2) is 5.50. The number of ether oxygens (including phenoxy) is 1. The van der Waals surface area contributed by atoms with Gasteiger partial charge in [-0.1, -0.05) is 0 Å². The molecule has 0 aliphatic heterocycles. The van der Waals surface area contributed by atoms with E-state index in [0.29, 0.717) is 6.54 Å². The zero-order chi connectivity index (χ0) is 11.3. The van der Waals surface area contributed by atoms with Crippen LogP contribution < -0.4 is 5.32 Å². The summed E-state index contributed by atoms with van der Waals surface area (Å²) < 4.78 is 6.64. The molecular formula is C10H17N3O2. The van der Waals surface area contributed by atoms with Gasteiger partial charge < -0.3 is 9.30 Å². The van der Waals surface area contributed by atoms with E-state index < -0.39 is 0 Å². The maximum absolute atomic E-state index is 11.1. The molecule has 0 radical (unpaired) electrons. The first-order chi connectivity index (χ1) is 7.19. The van der Waals surface area contributed by atoms with Crippen molar-refractivity contribution in [1.29, 1.82) is 0 Å². The van der Waals surface area contributed by atoms with Crippen molar-refractivity contribution in [3.8, 4) is 0 Å². The Balaban J connectivity index is 2.46. The summed E-state index contributed by atoms with van der Waals surface area (Å²) in [6, 6.07) is -0.296. The summed E-state index contributed by atoms with van der Waals surface area (Å²) in [4.78, 5) is 15.2. The maximum atomic E-state index is 11.1. The highest BCUT2D eigenvalue weighted by Gasteiger charge is 2.12. The van der Waals surface area contributed by atoms with Crippen molar-refractivity contribution in [2.75, 3.05) is 7.11 Å². The molecule has 1 rings (SSSR count). The third kappa shape index (κ3) is 3.06. The van der Waals surface area contributed by atoms with Crippen LogP contribution in [0.4, 0.5) is 0 Å². The van der Waals surface area contributed by atoms with E-state index in [4.69, 9.17) is 0 Å². The average molecular weight is 211 g/mol. The Morgan fingerprint density at radius 3 is 3.07 bits per heavy atom. The molecule has 0 saturated carbocycles. The third-order valence-corrected chi connectivity index (χ3v) is 2.28. The highest BCUT2D eigenvalue weighted by atomic mass is 16.5. The zero-order valence-electron chi connectivity index (χ0n) is 9.36. The molecule has 1 aromatic rings. The Hall–Kier alpha value is -1.36. The topological polar surface area (TPSA) is 56.2 Å². The fraction of sp³-hybridized carbons (Fsp3) is 0.600. The Kier molecular flexibility index (Phi) is 4.30. The number of methoxy groups -OCH3 is 1. The number of hydrogen-bond donors (Lipinski definition) is 1. The SMILES string of the molecule is CCn1cncc1CNC(C)C(=O)OC. The van der Waals surface area contributed by atoms with Crippen molar-refractivity contribution >= 4 is 5.97 Å². The summed E-state index contributed by atoms with van der Waals surface area (Å²) in [5.74, 6) is -0.252. The van der Waals surface area contributed by atoms with Gasteiger partial charge in [-0.15, -0.1) is 0 Å². The normalized spacial score (nSPS) is 12.5. The summed E-state index contributed by atoms with van der Waals surface area (Å²) in [5.41, 5.74) is 1.06. The third-order valence-electron chi connectivity index (χ3n) is 2.28. The molecule has 0 saturated heterocycles. The molecular weight excluding hydrogens is 194 g/mol. The highest BCUT2D eigenvalue weighted by molar-refractivity contribution is 5.75. The molecule has 0 aliphatic rings. The molecule has 5 nitrogen and oxygen atoms in total. The molecule has 0 spiro atoms. The van der Waals surface area contributed by atoms with Crippen LogP contribution in [-0.4, -0.2) is 28.7 Å². The van der Waals surface area contributed by atoms with Crippen molar-refractivity contribution in [2.24, 2.45) is 0 Å². The molecule has 5 heteroatoms. The fourth-order valence-corrected chi connectivity index (χ4v) is 1.30. The number of aromatic nitrogens is 2. The molecule has 0 amide bonds. The van der Waals surface area contributed by atoms with Gasteiger partial charge in [0.25, 0.3) is 0 Å². The second-order valence-electron chi connectivity index (χ2n) is 3.30. The van der Waals surface area contributed by atoms with Gasteiger partial charge >= 0.3 is 5.97 Å². The van der Waals surface area contributed by atoms with Gasteiger partial charge in [0.1, 0.15) is 6.04 Å². The molecule has 84 valence electrons. The van der Waals surface area contributed by atoms with Crippen LogP contribution >= 0.6 is 0 Å². The number of carbonyl (C=O) groups excluding carboxylic acids is 1. The molecule has 0 aromatic carbocycles. The predicted octanol–water partition coefficient (Wildman–Crippen LogP) is 0.554. The van der Waals surface area contributed by atoms with Gasteiger partial charge in [-0.05, 0) is 13.8 Å². The molecule has 15 heavy (non-hydrogen) atoms. The molecule has 0 aliphatic carbocycles. The standard InChI is InChI=1S/C10H17N3O2/c1-4-13-7-11-5-9(13)6-12-8(2)10(14)15-3/h5,7-8,12H,4,6H2,1-3H3.